The molecule has 2 aromatic rings. The molecule has 4 nitrogen and oxygen atoms in total. The van der Waals surface area contributed by atoms with Gasteiger partial charge in [-0.15, -0.1) is 0 Å². The van der Waals surface area contributed by atoms with E-state index < -0.39 is 12.2 Å². The number of benzene rings is 1. The standard InChI is InChI=1S/C12H15NO3/c14-7-5-11(15)12(16)9-2-1-3-10-8(9)4-6-13-10/h1-4,6,11-16H,5,7H2. The number of aromatic amines is 1. The molecule has 0 aliphatic heterocycles. The van der Waals surface area contributed by atoms with Gasteiger partial charge in [0.2, 0.25) is 0 Å². The number of hydrogen-bond acceptors (Lipinski definition) is 3. The Bertz CT molecular complexity index is 466. The molecule has 16 heavy (non-hydrogen) atoms. The van der Waals surface area contributed by atoms with Gasteiger partial charge in [0.1, 0.15) is 6.10 Å². The number of aliphatic hydroxyl groups excluding tert-OH is 3. The summed E-state index contributed by atoms with van der Waals surface area (Å²) < 4.78 is 0. The van der Waals surface area contributed by atoms with Crippen LogP contribution in [0.2, 0.25) is 0 Å². The van der Waals surface area contributed by atoms with Crippen molar-refractivity contribution in [3.8, 4) is 0 Å². The van der Waals surface area contributed by atoms with Gasteiger partial charge < -0.3 is 20.3 Å². The Kier molecular flexibility index (Phi) is 3.24. The minimum atomic E-state index is -0.966. The van der Waals surface area contributed by atoms with Crippen LogP contribution in [-0.4, -0.2) is 33.0 Å². The molecule has 2 rings (SSSR count). The molecule has 1 aromatic carbocycles. The summed E-state index contributed by atoms with van der Waals surface area (Å²) in [5, 5.41) is 29.2. The smallest absolute Gasteiger partial charge is 0.106 e. The van der Waals surface area contributed by atoms with Crippen molar-refractivity contribution in [2.75, 3.05) is 6.61 Å². The van der Waals surface area contributed by atoms with Gasteiger partial charge in [-0.2, -0.15) is 0 Å². The molecule has 4 heteroatoms. The topological polar surface area (TPSA) is 76.5 Å². The number of hydrogen-bond donors (Lipinski definition) is 4. The minimum Gasteiger partial charge on any atom is -0.396 e. The molecule has 2 atom stereocenters. The quantitative estimate of drug-likeness (QED) is 0.620. The zero-order chi connectivity index (χ0) is 11.5. The molecule has 0 aliphatic carbocycles. The summed E-state index contributed by atoms with van der Waals surface area (Å²) in [5.41, 5.74) is 1.60. The zero-order valence-electron chi connectivity index (χ0n) is 8.80. The highest BCUT2D eigenvalue weighted by atomic mass is 16.3. The van der Waals surface area contributed by atoms with E-state index in [-0.39, 0.29) is 13.0 Å². The molecule has 0 amide bonds. The second-order valence-corrected chi connectivity index (χ2v) is 3.81. The van der Waals surface area contributed by atoms with Crippen LogP contribution in [0, 0.1) is 0 Å². The SMILES string of the molecule is OCCC(O)C(O)c1cccc2[nH]ccc12. The van der Waals surface area contributed by atoms with Crippen molar-refractivity contribution in [1.82, 2.24) is 4.98 Å². The van der Waals surface area contributed by atoms with E-state index in [1.807, 2.05) is 18.2 Å². The maximum atomic E-state index is 9.96. The van der Waals surface area contributed by atoms with Crippen LogP contribution in [-0.2, 0) is 0 Å². The van der Waals surface area contributed by atoms with Crippen molar-refractivity contribution in [3.63, 3.8) is 0 Å². The molecule has 1 heterocycles. The number of H-pyrrole nitrogens is 1. The summed E-state index contributed by atoms with van der Waals surface area (Å²) in [4.78, 5) is 3.04. The summed E-state index contributed by atoms with van der Waals surface area (Å²) in [5.74, 6) is 0. The van der Waals surface area contributed by atoms with Crippen LogP contribution < -0.4 is 0 Å². The number of aliphatic hydroxyl groups is 3. The lowest BCUT2D eigenvalue weighted by Crippen LogP contribution is -2.19. The van der Waals surface area contributed by atoms with Crippen LogP contribution >= 0.6 is 0 Å². The average molecular weight is 221 g/mol. The maximum absolute atomic E-state index is 9.96. The molecule has 4 N–H and O–H groups in total. The summed E-state index contributed by atoms with van der Waals surface area (Å²) in [6, 6.07) is 7.37. The van der Waals surface area contributed by atoms with Crippen LogP contribution in [0.3, 0.4) is 0 Å². The minimum absolute atomic E-state index is 0.138. The first-order chi connectivity index (χ1) is 7.74. The third kappa shape index (κ3) is 1.95. The average Bonchev–Trinajstić information content (AvgIpc) is 2.76. The van der Waals surface area contributed by atoms with E-state index in [1.165, 1.54) is 0 Å². The van der Waals surface area contributed by atoms with Crippen LogP contribution in [0.4, 0.5) is 0 Å². The molecule has 0 aliphatic rings. The van der Waals surface area contributed by atoms with Crippen molar-refractivity contribution < 1.29 is 15.3 Å². The Hall–Kier alpha value is -1.36. The second-order valence-electron chi connectivity index (χ2n) is 3.81. The van der Waals surface area contributed by atoms with Gasteiger partial charge in [-0.1, -0.05) is 12.1 Å². The summed E-state index contributed by atoms with van der Waals surface area (Å²) in [6.45, 7) is -0.138. The van der Waals surface area contributed by atoms with E-state index >= 15 is 0 Å². The number of nitrogens with one attached hydrogen (secondary N) is 1. The van der Waals surface area contributed by atoms with Crippen LogP contribution in [0.25, 0.3) is 10.9 Å². The lowest BCUT2D eigenvalue weighted by molar-refractivity contribution is 0.00501. The van der Waals surface area contributed by atoms with Gasteiger partial charge in [-0.25, -0.2) is 0 Å². The molecule has 1 aromatic heterocycles. The van der Waals surface area contributed by atoms with Gasteiger partial charge >= 0.3 is 0 Å². The molecule has 86 valence electrons. The van der Waals surface area contributed by atoms with E-state index in [9.17, 15) is 10.2 Å². The fraction of sp³-hybridized carbons (Fsp3) is 0.333. The normalized spacial score (nSPS) is 15.2. The van der Waals surface area contributed by atoms with Crippen LogP contribution in [0.5, 0.6) is 0 Å². The third-order valence-corrected chi connectivity index (χ3v) is 2.74. The lowest BCUT2D eigenvalue weighted by Gasteiger charge is -2.18. The molecule has 0 bridgehead atoms. The predicted molar refractivity (Wildman–Crippen MR) is 61.0 cm³/mol. The monoisotopic (exact) mass is 221 g/mol. The van der Waals surface area contributed by atoms with Gasteiger partial charge in [0.15, 0.2) is 0 Å². The number of fused-ring (bicyclic) bond motifs is 1. The molecule has 0 saturated heterocycles. The van der Waals surface area contributed by atoms with Crippen LogP contribution in [0.15, 0.2) is 30.5 Å². The third-order valence-electron chi connectivity index (χ3n) is 2.74. The first-order valence-electron chi connectivity index (χ1n) is 5.27. The van der Waals surface area contributed by atoms with Crippen molar-refractivity contribution in [2.24, 2.45) is 0 Å². The molecule has 0 radical (unpaired) electrons. The van der Waals surface area contributed by atoms with E-state index in [4.69, 9.17) is 5.11 Å². The van der Waals surface area contributed by atoms with E-state index in [0.29, 0.717) is 5.56 Å². The van der Waals surface area contributed by atoms with Gasteiger partial charge in [0.25, 0.3) is 0 Å². The summed E-state index contributed by atoms with van der Waals surface area (Å²) in [7, 11) is 0. The molecule has 0 saturated carbocycles. The number of rotatable bonds is 4. The maximum Gasteiger partial charge on any atom is 0.106 e. The Morgan fingerprint density at radius 2 is 2.00 bits per heavy atom. The van der Waals surface area contributed by atoms with E-state index in [0.717, 1.165) is 10.9 Å². The van der Waals surface area contributed by atoms with Crippen LogP contribution in [0.1, 0.15) is 18.1 Å². The summed E-state index contributed by atoms with van der Waals surface area (Å²) in [6.07, 6.45) is 0.0542. The van der Waals surface area contributed by atoms with E-state index in [1.54, 1.807) is 12.3 Å². The fourth-order valence-electron chi connectivity index (χ4n) is 1.87. The second kappa shape index (κ2) is 4.65. The van der Waals surface area contributed by atoms with Crippen molar-refractivity contribution >= 4 is 10.9 Å². The van der Waals surface area contributed by atoms with Gasteiger partial charge in [0, 0.05) is 23.7 Å². The first-order valence-corrected chi connectivity index (χ1v) is 5.27. The Morgan fingerprint density at radius 1 is 1.19 bits per heavy atom. The van der Waals surface area contributed by atoms with Gasteiger partial charge in [-0.3, -0.25) is 0 Å². The fourth-order valence-corrected chi connectivity index (χ4v) is 1.87. The molecule has 0 fully saturated rings. The van der Waals surface area contributed by atoms with Crippen molar-refractivity contribution in [3.05, 3.63) is 36.0 Å². The first kappa shape index (κ1) is 11.1. The molecular formula is C12H15NO3. The highest BCUT2D eigenvalue weighted by Crippen LogP contribution is 2.26. The lowest BCUT2D eigenvalue weighted by atomic mass is 9.99. The largest absolute Gasteiger partial charge is 0.396 e. The Balaban J connectivity index is 2.35. The molecule has 0 spiro atoms. The molecular weight excluding hydrogens is 206 g/mol. The highest BCUT2D eigenvalue weighted by Gasteiger charge is 2.19. The van der Waals surface area contributed by atoms with Gasteiger partial charge in [0.05, 0.1) is 6.10 Å². The van der Waals surface area contributed by atoms with Crippen molar-refractivity contribution in [2.45, 2.75) is 18.6 Å². The van der Waals surface area contributed by atoms with E-state index in [2.05, 4.69) is 4.98 Å². The predicted octanol–water partition coefficient (Wildman–Crippen LogP) is 0.945. The Labute approximate surface area is 93.2 Å². The van der Waals surface area contributed by atoms with Gasteiger partial charge in [-0.05, 0) is 24.1 Å². The zero-order valence-corrected chi connectivity index (χ0v) is 8.80. The molecule has 2 unspecified atom stereocenters. The Morgan fingerprint density at radius 3 is 2.75 bits per heavy atom. The number of aromatic nitrogens is 1. The highest BCUT2D eigenvalue weighted by molar-refractivity contribution is 5.83. The summed E-state index contributed by atoms with van der Waals surface area (Å²) >= 11 is 0. The van der Waals surface area contributed by atoms with Crippen molar-refractivity contribution in [1.29, 1.82) is 0 Å².